The van der Waals surface area contributed by atoms with Crippen LogP contribution in [0.25, 0.3) is 0 Å². The number of rotatable bonds is 6. The molecule has 0 unspecified atom stereocenters. The molecular weight excluding hydrogens is 328 g/mol. The number of hydrogen-bond donors (Lipinski definition) is 0. The molecule has 0 aliphatic carbocycles. The number of likely N-dealkylation sites (tertiary alicyclic amines) is 1. The summed E-state index contributed by atoms with van der Waals surface area (Å²) in [5.74, 6) is 1.60. The van der Waals surface area contributed by atoms with E-state index in [4.69, 9.17) is 4.74 Å². The Labute approximate surface area is 154 Å². The van der Waals surface area contributed by atoms with Crippen LogP contribution in [0, 0.1) is 11.1 Å². The van der Waals surface area contributed by atoms with Crippen molar-refractivity contribution in [2.75, 3.05) is 19.7 Å². The van der Waals surface area contributed by atoms with E-state index in [2.05, 4.69) is 12.1 Å². The normalized spacial score (nSPS) is 15.0. The fraction of sp³-hybridized carbons (Fsp3) is 0.429. The maximum absolute atomic E-state index is 12.5. The van der Waals surface area contributed by atoms with E-state index in [0.29, 0.717) is 22.8 Å². The SMILES string of the molecule is CCOc1ccc(CCC2CCN(C(=O)c3cc[n+]([O-])cc3)CC2)cc1. The van der Waals surface area contributed by atoms with Gasteiger partial charge in [0, 0.05) is 25.2 Å². The first-order valence-electron chi connectivity index (χ1n) is 9.35. The number of aromatic nitrogens is 1. The van der Waals surface area contributed by atoms with Gasteiger partial charge in [-0.3, -0.25) is 4.79 Å². The molecule has 1 amide bonds. The van der Waals surface area contributed by atoms with Crippen LogP contribution in [-0.4, -0.2) is 30.5 Å². The van der Waals surface area contributed by atoms with Gasteiger partial charge in [-0.2, -0.15) is 4.73 Å². The number of carbonyl (C=O) groups is 1. The summed E-state index contributed by atoms with van der Waals surface area (Å²) in [6.45, 7) is 4.26. The number of piperidine rings is 1. The summed E-state index contributed by atoms with van der Waals surface area (Å²) in [6.07, 6.45) is 7.03. The number of pyridine rings is 1. The fourth-order valence-electron chi connectivity index (χ4n) is 3.45. The summed E-state index contributed by atoms with van der Waals surface area (Å²) in [4.78, 5) is 14.4. The smallest absolute Gasteiger partial charge is 0.254 e. The molecule has 5 heteroatoms. The summed E-state index contributed by atoms with van der Waals surface area (Å²) in [6, 6.07) is 11.5. The molecule has 0 N–H and O–H groups in total. The van der Waals surface area contributed by atoms with Crippen molar-refractivity contribution >= 4 is 5.91 Å². The molecule has 1 fully saturated rings. The standard InChI is InChI=1S/C21H26N2O3/c1-2-26-20-7-5-17(6-8-20)3-4-18-9-13-22(14-10-18)21(24)19-11-15-23(25)16-12-19/h5-8,11-12,15-16,18H,2-4,9-10,13-14H2,1H3. The minimum Gasteiger partial charge on any atom is -0.619 e. The third-order valence-electron chi connectivity index (χ3n) is 5.03. The first-order valence-corrected chi connectivity index (χ1v) is 9.35. The zero-order valence-corrected chi connectivity index (χ0v) is 15.3. The predicted molar refractivity (Wildman–Crippen MR) is 100.0 cm³/mol. The van der Waals surface area contributed by atoms with Crippen LogP contribution >= 0.6 is 0 Å². The summed E-state index contributed by atoms with van der Waals surface area (Å²) < 4.78 is 6.17. The molecule has 0 atom stereocenters. The number of hydrogen-bond acceptors (Lipinski definition) is 3. The van der Waals surface area contributed by atoms with Crippen molar-refractivity contribution in [3.8, 4) is 5.75 Å². The minimum atomic E-state index is 0.0237. The van der Waals surface area contributed by atoms with Gasteiger partial charge in [0.25, 0.3) is 5.91 Å². The molecule has 0 radical (unpaired) electrons. The third-order valence-corrected chi connectivity index (χ3v) is 5.03. The van der Waals surface area contributed by atoms with Crippen molar-refractivity contribution < 1.29 is 14.3 Å². The topological polar surface area (TPSA) is 56.5 Å². The lowest BCUT2D eigenvalue weighted by Crippen LogP contribution is -2.39. The van der Waals surface area contributed by atoms with Crippen LogP contribution in [0.3, 0.4) is 0 Å². The Kier molecular flexibility index (Phi) is 6.10. The number of amides is 1. The zero-order chi connectivity index (χ0) is 18.4. The van der Waals surface area contributed by atoms with Gasteiger partial charge in [0.2, 0.25) is 0 Å². The predicted octanol–water partition coefficient (Wildman–Crippen LogP) is 3.20. The van der Waals surface area contributed by atoms with Crippen LogP contribution in [0.5, 0.6) is 5.75 Å². The molecule has 1 aliphatic heterocycles. The quantitative estimate of drug-likeness (QED) is 0.591. The Morgan fingerprint density at radius 2 is 1.81 bits per heavy atom. The second kappa shape index (κ2) is 8.70. The first-order chi connectivity index (χ1) is 12.7. The maximum atomic E-state index is 12.5. The van der Waals surface area contributed by atoms with E-state index in [1.54, 1.807) is 12.1 Å². The zero-order valence-electron chi connectivity index (χ0n) is 15.3. The highest BCUT2D eigenvalue weighted by atomic mass is 16.5. The summed E-state index contributed by atoms with van der Waals surface area (Å²) in [5.41, 5.74) is 1.92. The molecule has 3 rings (SSSR count). The lowest BCUT2D eigenvalue weighted by atomic mass is 9.90. The minimum absolute atomic E-state index is 0.0237. The molecule has 2 aromatic rings. The first kappa shape index (κ1) is 18.2. The van der Waals surface area contributed by atoms with Gasteiger partial charge in [0.1, 0.15) is 5.75 Å². The van der Waals surface area contributed by atoms with Gasteiger partial charge in [-0.25, -0.2) is 0 Å². The number of benzene rings is 1. The highest BCUT2D eigenvalue weighted by Gasteiger charge is 2.23. The molecule has 26 heavy (non-hydrogen) atoms. The number of nitrogens with zero attached hydrogens (tertiary/aromatic N) is 2. The Morgan fingerprint density at radius 1 is 1.15 bits per heavy atom. The van der Waals surface area contributed by atoms with Crippen LogP contribution in [0.2, 0.25) is 0 Å². The number of carbonyl (C=O) groups excluding carboxylic acids is 1. The summed E-state index contributed by atoms with van der Waals surface area (Å²) in [7, 11) is 0. The average Bonchev–Trinajstić information content (AvgIpc) is 2.68. The van der Waals surface area contributed by atoms with Crippen molar-refractivity contribution in [2.45, 2.75) is 32.6 Å². The highest BCUT2D eigenvalue weighted by Crippen LogP contribution is 2.24. The molecule has 5 nitrogen and oxygen atoms in total. The lowest BCUT2D eigenvalue weighted by Gasteiger charge is -2.32. The molecule has 1 saturated heterocycles. The van der Waals surface area contributed by atoms with Crippen LogP contribution < -0.4 is 9.47 Å². The fourth-order valence-corrected chi connectivity index (χ4v) is 3.45. The molecule has 1 aliphatic rings. The molecule has 0 saturated carbocycles. The monoisotopic (exact) mass is 354 g/mol. The molecular formula is C21H26N2O3. The molecule has 1 aromatic heterocycles. The van der Waals surface area contributed by atoms with Crippen LogP contribution in [-0.2, 0) is 6.42 Å². The Hall–Kier alpha value is -2.56. The van der Waals surface area contributed by atoms with Crippen LogP contribution in [0.15, 0.2) is 48.8 Å². The molecule has 138 valence electrons. The van der Waals surface area contributed by atoms with Gasteiger partial charge >= 0.3 is 0 Å². The molecule has 2 heterocycles. The lowest BCUT2D eigenvalue weighted by molar-refractivity contribution is -0.605. The molecule has 0 bridgehead atoms. The largest absolute Gasteiger partial charge is 0.619 e. The Morgan fingerprint density at radius 3 is 2.42 bits per heavy atom. The second-order valence-corrected chi connectivity index (χ2v) is 6.80. The van der Waals surface area contributed by atoms with Crippen molar-refractivity contribution in [1.29, 1.82) is 0 Å². The van der Waals surface area contributed by atoms with Gasteiger partial charge in [-0.05, 0) is 56.2 Å². The number of aryl methyl sites for hydroxylation is 1. The highest BCUT2D eigenvalue weighted by molar-refractivity contribution is 5.94. The summed E-state index contributed by atoms with van der Waals surface area (Å²) in [5, 5.41) is 11.1. The van der Waals surface area contributed by atoms with E-state index < -0.39 is 0 Å². The van der Waals surface area contributed by atoms with Crippen LogP contribution in [0.4, 0.5) is 0 Å². The number of ether oxygens (including phenoxy) is 1. The maximum Gasteiger partial charge on any atom is 0.254 e. The van der Waals surface area contributed by atoms with E-state index >= 15 is 0 Å². The van der Waals surface area contributed by atoms with Gasteiger partial charge in [0.15, 0.2) is 12.4 Å². The van der Waals surface area contributed by atoms with E-state index in [1.807, 2.05) is 24.0 Å². The van der Waals surface area contributed by atoms with Gasteiger partial charge in [-0.15, -0.1) is 0 Å². The van der Waals surface area contributed by atoms with Crippen molar-refractivity contribution in [3.05, 3.63) is 65.1 Å². The third kappa shape index (κ3) is 4.75. The van der Waals surface area contributed by atoms with E-state index in [0.717, 1.165) is 44.5 Å². The second-order valence-electron chi connectivity index (χ2n) is 6.80. The summed E-state index contributed by atoms with van der Waals surface area (Å²) >= 11 is 0. The molecule has 1 aromatic carbocycles. The van der Waals surface area contributed by atoms with Gasteiger partial charge in [0.05, 0.1) is 12.2 Å². The van der Waals surface area contributed by atoms with E-state index in [1.165, 1.54) is 18.0 Å². The van der Waals surface area contributed by atoms with E-state index in [9.17, 15) is 10.0 Å². The average molecular weight is 354 g/mol. The van der Waals surface area contributed by atoms with E-state index in [-0.39, 0.29) is 5.91 Å². The molecule has 0 spiro atoms. The van der Waals surface area contributed by atoms with Gasteiger partial charge < -0.3 is 14.8 Å². The van der Waals surface area contributed by atoms with Crippen molar-refractivity contribution in [3.63, 3.8) is 0 Å². The Bertz CT molecular complexity index is 705. The Balaban J connectivity index is 1.44. The van der Waals surface area contributed by atoms with Crippen LogP contribution in [0.1, 0.15) is 42.1 Å². The van der Waals surface area contributed by atoms with Crippen molar-refractivity contribution in [2.24, 2.45) is 5.92 Å². The van der Waals surface area contributed by atoms with Crippen molar-refractivity contribution in [1.82, 2.24) is 4.90 Å². The van der Waals surface area contributed by atoms with Gasteiger partial charge in [-0.1, -0.05) is 12.1 Å².